The molecule has 0 fully saturated rings. The van der Waals surface area contributed by atoms with Crippen LogP contribution in [0, 0.1) is 10.1 Å². The van der Waals surface area contributed by atoms with Crippen LogP contribution in [-0.2, 0) is 0 Å². The monoisotopic (exact) mass is 373 g/mol. The quantitative estimate of drug-likeness (QED) is 0.391. The van der Waals surface area contributed by atoms with Crippen LogP contribution in [-0.4, -0.2) is 16.5 Å². The number of carbonyl (C=O) groups is 1. The number of rotatable bonds is 6. The third kappa shape index (κ3) is 4.48. The van der Waals surface area contributed by atoms with Crippen molar-refractivity contribution < 1.29 is 9.72 Å². The summed E-state index contributed by atoms with van der Waals surface area (Å²) in [5, 5.41) is 15.2. The van der Waals surface area contributed by atoms with Crippen LogP contribution in [0.5, 0.6) is 0 Å². The Bertz CT molecular complexity index is 962. The van der Waals surface area contributed by atoms with Gasteiger partial charge in [0.25, 0.3) is 11.6 Å². The molecule has 0 unspecified atom stereocenters. The van der Waals surface area contributed by atoms with E-state index in [4.69, 9.17) is 0 Å². The molecule has 6 nitrogen and oxygen atoms in total. The smallest absolute Gasteiger partial charge is 0.267 e. The summed E-state index contributed by atoms with van der Waals surface area (Å²) in [7, 11) is 0. The summed E-state index contributed by atoms with van der Waals surface area (Å²) in [6, 6.07) is 25.3. The average molecular weight is 373 g/mol. The minimum Gasteiger partial charge on any atom is -0.267 e. The van der Waals surface area contributed by atoms with Crippen molar-refractivity contribution >= 4 is 17.3 Å². The van der Waals surface area contributed by atoms with Gasteiger partial charge in [0.2, 0.25) is 0 Å². The molecule has 6 heteroatoms. The number of nitrogens with zero attached hydrogens (tertiary/aromatic N) is 2. The number of non-ortho nitro benzene ring substituents is 1. The SMILES string of the molecule is C/C(=N\NC(=O)c1cccc([N+](=O)[O-])c1)C(c1ccccc1)c1ccccc1. The summed E-state index contributed by atoms with van der Waals surface area (Å²) in [5.74, 6) is -0.615. The molecule has 0 aromatic heterocycles. The van der Waals surface area contributed by atoms with Gasteiger partial charge in [-0.1, -0.05) is 66.7 Å². The van der Waals surface area contributed by atoms with E-state index in [9.17, 15) is 14.9 Å². The summed E-state index contributed by atoms with van der Waals surface area (Å²) >= 11 is 0. The molecule has 3 rings (SSSR count). The Morgan fingerprint density at radius 2 is 1.50 bits per heavy atom. The molecule has 0 aliphatic carbocycles. The van der Waals surface area contributed by atoms with Gasteiger partial charge in [-0.3, -0.25) is 14.9 Å². The number of amides is 1. The highest BCUT2D eigenvalue weighted by molar-refractivity contribution is 5.97. The summed E-state index contributed by atoms with van der Waals surface area (Å²) in [6.07, 6.45) is 0. The van der Waals surface area contributed by atoms with Gasteiger partial charge in [0, 0.05) is 29.3 Å². The van der Waals surface area contributed by atoms with E-state index in [2.05, 4.69) is 10.5 Å². The second-order valence-electron chi connectivity index (χ2n) is 6.26. The van der Waals surface area contributed by atoms with Gasteiger partial charge in [0.1, 0.15) is 0 Å². The molecule has 3 aromatic rings. The van der Waals surface area contributed by atoms with Crippen LogP contribution in [0.25, 0.3) is 0 Å². The Kier molecular flexibility index (Phi) is 5.91. The molecule has 0 radical (unpaired) electrons. The van der Waals surface area contributed by atoms with E-state index in [0.29, 0.717) is 5.71 Å². The Labute approximate surface area is 162 Å². The first-order valence-corrected chi connectivity index (χ1v) is 8.75. The highest BCUT2D eigenvalue weighted by Gasteiger charge is 2.18. The van der Waals surface area contributed by atoms with Crippen molar-refractivity contribution in [1.29, 1.82) is 0 Å². The van der Waals surface area contributed by atoms with Crippen LogP contribution in [0.3, 0.4) is 0 Å². The predicted octanol–water partition coefficient (Wildman–Crippen LogP) is 4.53. The van der Waals surface area contributed by atoms with E-state index >= 15 is 0 Å². The predicted molar refractivity (Wildman–Crippen MR) is 108 cm³/mol. The third-order valence-electron chi connectivity index (χ3n) is 4.34. The summed E-state index contributed by atoms with van der Waals surface area (Å²) < 4.78 is 0. The Hall–Kier alpha value is -3.80. The zero-order valence-corrected chi connectivity index (χ0v) is 15.3. The molecule has 0 bridgehead atoms. The van der Waals surface area contributed by atoms with Crippen molar-refractivity contribution in [2.45, 2.75) is 12.8 Å². The molecule has 28 heavy (non-hydrogen) atoms. The Balaban J connectivity index is 1.86. The number of hydrogen-bond acceptors (Lipinski definition) is 4. The lowest BCUT2D eigenvalue weighted by Gasteiger charge is -2.18. The number of hydrogen-bond donors (Lipinski definition) is 1. The molecule has 0 aliphatic heterocycles. The molecule has 3 aromatic carbocycles. The van der Waals surface area contributed by atoms with E-state index in [1.807, 2.05) is 67.6 Å². The standard InChI is InChI=1S/C22H19N3O3/c1-16(23-24-22(26)19-13-8-14-20(15-19)25(27)28)21(17-9-4-2-5-10-17)18-11-6-3-7-12-18/h2-15,21H,1H3,(H,24,26)/b23-16+. The Morgan fingerprint density at radius 3 is 2.04 bits per heavy atom. The van der Waals surface area contributed by atoms with Gasteiger partial charge in [0.15, 0.2) is 0 Å². The Morgan fingerprint density at radius 1 is 0.929 bits per heavy atom. The number of carbonyl (C=O) groups excluding carboxylic acids is 1. The van der Waals surface area contributed by atoms with Crippen molar-refractivity contribution in [3.63, 3.8) is 0 Å². The van der Waals surface area contributed by atoms with Crippen LogP contribution in [0.2, 0.25) is 0 Å². The number of nitro benzene ring substituents is 1. The van der Waals surface area contributed by atoms with E-state index in [1.165, 1.54) is 24.3 Å². The van der Waals surface area contributed by atoms with Crippen molar-refractivity contribution in [2.24, 2.45) is 5.10 Å². The number of nitrogens with one attached hydrogen (secondary N) is 1. The largest absolute Gasteiger partial charge is 0.271 e. The number of nitro groups is 1. The second kappa shape index (κ2) is 8.73. The molecule has 0 spiro atoms. The molecule has 140 valence electrons. The van der Waals surface area contributed by atoms with Crippen molar-refractivity contribution in [3.05, 3.63) is 112 Å². The fraction of sp³-hybridized carbons (Fsp3) is 0.0909. The van der Waals surface area contributed by atoms with E-state index in [0.717, 1.165) is 11.1 Å². The molecule has 0 heterocycles. The average Bonchev–Trinajstić information content (AvgIpc) is 2.74. The first kappa shape index (κ1) is 19.0. The van der Waals surface area contributed by atoms with Crippen LogP contribution >= 0.6 is 0 Å². The van der Waals surface area contributed by atoms with Gasteiger partial charge in [0.05, 0.1) is 4.92 Å². The second-order valence-corrected chi connectivity index (χ2v) is 6.26. The molecule has 0 atom stereocenters. The van der Waals surface area contributed by atoms with Gasteiger partial charge >= 0.3 is 0 Å². The van der Waals surface area contributed by atoms with E-state index in [1.54, 1.807) is 0 Å². The van der Waals surface area contributed by atoms with E-state index < -0.39 is 10.8 Å². The fourth-order valence-corrected chi connectivity index (χ4v) is 2.99. The maximum atomic E-state index is 12.4. The minimum absolute atomic E-state index is 0.118. The molecule has 0 saturated carbocycles. The first-order valence-electron chi connectivity index (χ1n) is 8.75. The molecule has 0 saturated heterocycles. The minimum atomic E-state index is -0.536. The first-order chi connectivity index (χ1) is 13.6. The van der Waals surface area contributed by atoms with Gasteiger partial charge in [-0.2, -0.15) is 5.10 Å². The maximum absolute atomic E-state index is 12.4. The zero-order chi connectivity index (χ0) is 19.9. The molecular formula is C22H19N3O3. The van der Waals surface area contributed by atoms with Gasteiger partial charge in [-0.15, -0.1) is 0 Å². The highest BCUT2D eigenvalue weighted by Crippen LogP contribution is 2.26. The van der Waals surface area contributed by atoms with Crippen LogP contribution in [0.4, 0.5) is 5.69 Å². The summed E-state index contributed by atoms with van der Waals surface area (Å²) in [6.45, 7) is 1.85. The third-order valence-corrected chi connectivity index (χ3v) is 4.34. The van der Waals surface area contributed by atoms with Crippen LogP contribution in [0.1, 0.15) is 34.3 Å². The van der Waals surface area contributed by atoms with Gasteiger partial charge in [-0.25, -0.2) is 5.43 Å². The van der Waals surface area contributed by atoms with Gasteiger partial charge in [-0.05, 0) is 24.1 Å². The molecular weight excluding hydrogens is 354 g/mol. The van der Waals surface area contributed by atoms with Crippen molar-refractivity contribution in [1.82, 2.24) is 5.43 Å². The van der Waals surface area contributed by atoms with E-state index in [-0.39, 0.29) is 17.2 Å². The fourth-order valence-electron chi connectivity index (χ4n) is 2.99. The molecule has 1 amide bonds. The molecule has 1 N–H and O–H groups in total. The van der Waals surface area contributed by atoms with Crippen LogP contribution in [0.15, 0.2) is 90.0 Å². The maximum Gasteiger partial charge on any atom is 0.271 e. The molecule has 0 aliphatic rings. The van der Waals surface area contributed by atoms with Crippen molar-refractivity contribution in [3.8, 4) is 0 Å². The summed E-state index contributed by atoms with van der Waals surface area (Å²) in [5.41, 5.74) is 5.37. The highest BCUT2D eigenvalue weighted by atomic mass is 16.6. The van der Waals surface area contributed by atoms with Crippen molar-refractivity contribution in [2.75, 3.05) is 0 Å². The van der Waals surface area contributed by atoms with Gasteiger partial charge < -0.3 is 0 Å². The lowest BCUT2D eigenvalue weighted by Crippen LogP contribution is -2.22. The lowest BCUT2D eigenvalue weighted by atomic mass is 9.88. The summed E-state index contributed by atoms with van der Waals surface area (Å²) in [4.78, 5) is 22.7. The lowest BCUT2D eigenvalue weighted by molar-refractivity contribution is -0.384. The number of hydrazone groups is 1. The topological polar surface area (TPSA) is 84.6 Å². The number of benzene rings is 3. The van der Waals surface area contributed by atoms with Crippen LogP contribution < -0.4 is 5.43 Å². The normalized spacial score (nSPS) is 11.3. The zero-order valence-electron chi connectivity index (χ0n) is 15.3.